The normalized spacial score (nSPS) is 14.7. The minimum Gasteiger partial charge on any atom is -0.459 e. The van der Waals surface area contributed by atoms with Crippen molar-refractivity contribution in [2.75, 3.05) is 29.9 Å². The predicted octanol–water partition coefficient (Wildman–Crippen LogP) is 6.54. The first-order valence-corrected chi connectivity index (χ1v) is 14.7. The molecule has 0 saturated carbocycles. The molecular weight excluding hydrogens is 550 g/mol. The average Bonchev–Trinajstić information content (AvgIpc) is 3.51. The molecule has 0 radical (unpaired) electrons. The standard InChI is InChI=1S/C31H41N7O5/c1-19-22-9-8-21(18-24(22)38(36-19)29(40)43-31(5,6)7)33-27-34-23-13-17-41-25(23)26(35-27)37-15-11-20(12-16-37)10-14-32-28(39)42-30(2,3)4/h8-9,13,17-18,20H,10-12,14-16H2,1-7H3,(H,32,39)(H,33,34,35). The molecule has 12 heteroatoms. The molecule has 1 saturated heterocycles. The Bertz CT molecular complexity index is 1620. The minimum absolute atomic E-state index is 0.380. The zero-order chi connectivity index (χ0) is 30.9. The fraction of sp³-hybridized carbons (Fsp3) is 0.516. The number of rotatable bonds is 6. The number of furan rings is 1. The minimum atomic E-state index is -0.644. The number of nitrogens with one attached hydrogen (secondary N) is 2. The fourth-order valence-electron chi connectivity index (χ4n) is 5.17. The maximum Gasteiger partial charge on any atom is 0.435 e. The van der Waals surface area contributed by atoms with Gasteiger partial charge in [0.2, 0.25) is 5.95 Å². The highest BCUT2D eigenvalue weighted by Crippen LogP contribution is 2.32. The SMILES string of the molecule is Cc1nn(C(=O)OC(C)(C)C)c2cc(Nc3nc(N4CCC(CCNC(=O)OC(C)(C)C)CC4)c4occc4n3)ccc12. The van der Waals surface area contributed by atoms with Gasteiger partial charge >= 0.3 is 12.2 Å². The van der Waals surface area contributed by atoms with E-state index in [9.17, 15) is 9.59 Å². The van der Waals surface area contributed by atoms with Crippen LogP contribution in [-0.2, 0) is 9.47 Å². The zero-order valence-corrected chi connectivity index (χ0v) is 26.0. The Hall–Kier alpha value is -4.35. The number of aromatic nitrogens is 4. The van der Waals surface area contributed by atoms with Crippen molar-refractivity contribution in [1.82, 2.24) is 25.1 Å². The number of hydrogen-bond acceptors (Lipinski definition) is 10. The number of fused-ring (bicyclic) bond motifs is 2. The molecule has 1 aliphatic rings. The molecule has 0 bridgehead atoms. The fourth-order valence-corrected chi connectivity index (χ4v) is 5.17. The van der Waals surface area contributed by atoms with E-state index in [1.165, 1.54) is 4.68 Å². The van der Waals surface area contributed by atoms with Crippen LogP contribution in [0.5, 0.6) is 0 Å². The second-order valence-electron chi connectivity index (χ2n) is 13.0. The number of nitrogens with zero attached hydrogens (tertiary/aromatic N) is 5. The molecule has 43 heavy (non-hydrogen) atoms. The van der Waals surface area contributed by atoms with Gasteiger partial charge in [0.05, 0.1) is 17.5 Å². The largest absolute Gasteiger partial charge is 0.459 e. The van der Waals surface area contributed by atoms with Gasteiger partial charge in [-0.15, -0.1) is 0 Å². The van der Waals surface area contributed by atoms with Crippen LogP contribution in [0.1, 0.15) is 66.5 Å². The van der Waals surface area contributed by atoms with Gasteiger partial charge in [-0.3, -0.25) is 0 Å². The molecule has 0 unspecified atom stereocenters. The molecule has 1 aliphatic heterocycles. The van der Waals surface area contributed by atoms with Crippen molar-refractivity contribution < 1.29 is 23.5 Å². The first-order valence-electron chi connectivity index (χ1n) is 14.7. The van der Waals surface area contributed by atoms with Crippen molar-refractivity contribution in [3.05, 3.63) is 36.2 Å². The summed E-state index contributed by atoms with van der Waals surface area (Å²) in [5, 5.41) is 11.4. The quantitative estimate of drug-likeness (QED) is 0.254. The van der Waals surface area contributed by atoms with E-state index in [0.29, 0.717) is 40.7 Å². The first kappa shape index (κ1) is 30.1. The third kappa shape index (κ3) is 7.36. The van der Waals surface area contributed by atoms with Crippen molar-refractivity contribution in [3.8, 4) is 0 Å². The van der Waals surface area contributed by atoms with Crippen LogP contribution in [0.3, 0.4) is 0 Å². The summed E-state index contributed by atoms with van der Waals surface area (Å²) < 4.78 is 18.0. The lowest BCUT2D eigenvalue weighted by molar-refractivity contribution is 0.0512. The second-order valence-corrected chi connectivity index (χ2v) is 13.0. The van der Waals surface area contributed by atoms with E-state index in [0.717, 1.165) is 49.2 Å². The number of anilines is 3. The summed E-state index contributed by atoms with van der Waals surface area (Å²) in [6.07, 6.45) is 3.53. The number of hydrogen-bond donors (Lipinski definition) is 2. The number of alkyl carbamates (subject to hydrolysis) is 1. The number of aryl methyl sites for hydroxylation is 1. The Morgan fingerprint density at radius 1 is 1.02 bits per heavy atom. The average molecular weight is 592 g/mol. The smallest absolute Gasteiger partial charge is 0.435 e. The number of benzene rings is 1. The van der Waals surface area contributed by atoms with Crippen LogP contribution in [0.15, 0.2) is 34.9 Å². The van der Waals surface area contributed by atoms with Crippen LogP contribution in [0, 0.1) is 12.8 Å². The van der Waals surface area contributed by atoms with Crippen LogP contribution in [0.2, 0.25) is 0 Å². The molecule has 4 aromatic rings. The third-order valence-electron chi connectivity index (χ3n) is 7.11. The summed E-state index contributed by atoms with van der Waals surface area (Å²) in [6.45, 7) is 15.1. The molecule has 0 atom stereocenters. The van der Waals surface area contributed by atoms with Gasteiger partial charge in [0.25, 0.3) is 0 Å². The highest BCUT2D eigenvalue weighted by Gasteiger charge is 2.25. The molecule has 3 aromatic heterocycles. The summed E-state index contributed by atoms with van der Waals surface area (Å²) >= 11 is 0. The zero-order valence-electron chi connectivity index (χ0n) is 26.0. The van der Waals surface area contributed by atoms with Crippen molar-refractivity contribution in [2.24, 2.45) is 5.92 Å². The molecular formula is C31H41N7O5. The van der Waals surface area contributed by atoms with E-state index in [1.54, 1.807) is 6.26 Å². The number of piperidine rings is 1. The maximum absolute atomic E-state index is 12.8. The maximum atomic E-state index is 12.8. The third-order valence-corrected chi connectivity index (χ3v) is 7.11. The number of amides is 1. The van der Waals surface area contributed by atoms with Gasteiger partial charge in [0, 0.05) is 36.8 Å². The predicted molar refractivity (Wildman–Crippen MR) is 165 cm³/mol. The molecule has 4 heterocycles. The van der Waals surface area contributed by atoms with Crippen LogP contribution in [0.25, 0.3) is 22.0 Å². The first-order chi connectivity index (χ1) is 20.3. The van der Waals surface area contributed by atoms with E-state index in [2.05, 4.69) is 25.6 Å². The summed E-state index contributed by atoms with van der Waals surface area (Å²) in [7, 11) is 0. The van der Waals surface area contributed by atoms with Gasteiger partial charge < -0.3 is 29.4 Å². The lowest BCUT2D eigenvalue weighted by Gasteiger charge is -2.33. The van der Waals surface area contributed by atoms with Crippen molar-refractivity contribution >= 4 is 51.6 Å². The summed E-state index contributed by atoms with van der Waals surface area (Å²) in [6, 6.07) is 7.50. The van der Waals surface area contributed by atoms with Crippen LogP contribution < -0.4 is 15.5 Å². The van der Waals surface area contributed by atoms with Crippen molar-refractivity contribution in [3.63, 3.8) is 0 Å². The topological polar surface area (TPSA) is 137 Å². The monoisotopic (exact) mass is 591 g/mol. The van der Waals surface area contributed by atoms with Gasteiger partial charge in [-0.25, -0.2) is 14.6 Å². The van der Waals surface area contributed by atoms with Crippen LogP contribution in [0.4, 0.5) is 27.0 Å². The Labute approximate surface area is 251 Å². The lowest BCUT2D eigenvalue weighted by Crippen LogP contribution is -2.37. The molecule has 1 aromatic carbocycles. The molecule has 0 aliphatic carbocycles. The van der Waals surface area contributed by atoms with Gasteiger partial charge in [0.1, 0.15) is 16.7 Å². The Kier molecular flexibility index (Phi) is 8.22. The van der Waals surface area contributed by atoms with E-state index in [-0.39, 0.29) is 6.09 Å². The van der Waals surface area contributed by atoms with E-state index < -0.39 is 17.3 Å². The second kappa shape index (κ2) is 11.7. The molecule has 230 valence electrons. The molecule has 2 N–H and O–H groups in total. The highest BCUT2D eigenvalue weighted by atomic mass is 16.6. The Morgan fingerprint density at radius 2 is 1.74 bits per heavy atom. The summed E-state index contributed by atoms with van der Waals surface area (Å²) in [5.41, 5.74) is 2.26. The Balaban J connectivity index is 1.28. The van der Waals surface area contributed by atoms with Gasteiger partial charge in [-0.2, -0.15) is 14.8 Å². The summed E-state index contributed by atoms with van der Waals surface area (Å²) in [5.74, 6) is 1.65. The molecule has 0 spiro atoms. The van der Waals surface area contributed by atoms with Gasteiger partial charge in [0.15, 0.2) is 11.4 Å². The van der Waals surface area contributed by atoms with Crippen LogP contribution in [-0.4, -0.2) is 62.8 Å². The number of carbonyl (C=O) groups is 2. The van der Waals surface area contributed by atoms with E-state index in [4.69, 9.17) is 18.9 Å². The highest BCUT2D eigenvalue weighted by molar-refractivity contribution is 5.92. The van der Waals surface area contributed by atoms with Crippen molar-refractivity contribution in [1.29, 1.82) is 0 Å². The molecule has 5 rings (SSSR count). The van der Waals surface area contributed by atoms with E-state index in [1.807, 2.05) is 72.7 Å². The number of ether oxygens (including phenoxy) is 2. The van der Waals surface area contributed by atoms with E-state index >= 15 is 0 Å². The number of carbonyl (C=O) groups excluding carboxylic acids is 2. The van der Waals surface area contributed by atoms with Gasteiger partial charge in [-0.1, -0.05) is 0 Å². The van der Waals surface area contributed by atoms with Crippen molar-refractivity contribution in [2.45, 2.75) is 78.9 Å². The summed E-state index contributed by atoms with van der Waals surface area (Å²) in [4.78, 5) is 36.6. The van der Waals surface area contributed by atoms with Gasteiger partial charge in [-0.05, 0) is 91.8 Å². The lowest BCUT2D eigenvalue weighted by atomic mass is 9.93. The molecule has 1 amide bonds. The molecule has 1 fully saturated rings. The Morgan fingerprint density at radius 3 is 2.44 bits per heavy atom. The molecule has 12 nitrogen and oxygen atoms in total. The van der Waals surface area contributed by atoms with Crippen LogP contribution >= 0.6 is 0 Å².